The first kappa shape index (κ1) is 18.3. The van der Waals surface area contributed by atoms with Gasteiger partial charge in [0, 0.05) is 12.2 Å². The number of fused-ring (bicyclic) bond motifs is 1. The van der Waals surface area contributed by atoms with Crippen LogP contribution in [0.1, 0.15) is 44.9 Å². The van der Waals surface area contributed by atoms with Crippen molar-refractivity contribution in [2.75, 3.05) is 11.4 Å². The van der Waals surface area contributed by atoms with Crippen molar-refractivity contribution < 1.29 is 14.1 Å². The molecule has 1 aliphatic heterocycles. The van der Waals surface area contributed by atoms with Crippen molar-refractivity contribution in [2.24, 2.45) is 0 Å². The van der Waals surface area contributed by atoms with Crippen molar-refractivity contribution in [3.8, 4) is 5.75 Å². The minimum atomic E-state index is -0.135. The van der Waals surface area contributed by atoms with Crippen LogP contribution < -0.4 is 9.64 Å². The lowest BCUT2D eigenvalue weighted by molar-refractivity contribution is 0.0974. The molecule has 1 aromatic heterocycles. The summed E-state index contributed by atoms with van der Waals surface area (Å²) in [6.07, 6.45) is 1.93. The van der Waals surface area contributed by atoms with E-state index in [1.165, 1.54) is 11.1 Å². The van der Waals surface area contributed by atoms with Crippen LogP contribution in [0.3, 0.4) is 0 Å². The van der Waals surface area contributed by atoms with E-state index in [-0.39, 0.29) is 12.5 Å². The predicted molar refractivity (Wildman–Crippen MR) is 108 cm³/mol. The number of carbonyl (C=O) groups excluding carboxylic acids is 1. The van der Waals surface area contributed by atoms with E-state index >= 15 is 0 Å². The second kappa shape index (κ2) is 7.50. The largest absolute Gasteiger partial charge is 0.489 e. The van der Waals surface area contributed by atoms with Gasteiger partial charge in [-0.15, -0.1) is 0 Å². The maximum atomic E-state index is 13.3. The molecule has 0 fully saturated rings. The predicted octanol–water partition coefficient (Wildman–Crippen LogP) is 4.77. The molecular weight excluding hydrogens is 352 g/mol. The third-order valence-corrected chi connectivity index (χ3v) is 5.16. The van der Waals surface area contributed by atoms with Crippen LogP contribution in [-0.2, 0) is 13.0 Å². The standard InChI is InChI=1S/C23H24N2O3/c1-15-6-4-8-19(13-15)27-14-20-17(3)28-24-22(20)23(26)25-11-5-7-18-12-16(2)9-10-21(18)25/h4,6,8-10,12-13H,5,7,11,14H2,1-3H3. The van der Waals surface area contributed by atoms with Gasteiger partial charge in [0.1, 0.15) is 18.1 Å². The van der Waals surface area contributed by atoms with Crippen LogP contribution in [0.4, 0.5) is 5.69 Å². The highest BCUT2D eigenvalue weighted by Gasteiger charge is 2.29. The molecule has 0 atom stereocenters. The van der Waals surface area contributed by atoms with Crippen LogP contribution in [0.2, 0.25) is 0 Å². The molecule has 4 rings (SSSR count). The van der Waals surface area contributed by atoms with Crippen molar-refractivity contribution in [3.05, 3.63) is 76.2 Å². The molecule has 2 heterocycles. The molecule has 1 aliphatic rings. The highest BCUT2D eigenvalue weighted by Crippen LogP contribution is 2.30. The summed E-state index contributed by atoms with van der Waals surface area (Å²) in [5, 5.41) is 4.06. The third-order valence-electron chi connectivity index (χ3n) is 5.16. The Balaban J connectivity index is 1.60. The molecular formula is C23H24N2O3. The Hall–Kier alpha value is -3.08. The summed E-state index contributed by atoms with van der Waals surface area (Å²) in [6, 6.07) is 14.1. The van der Waals surface area contributed by atoms with Gasteiger partial charge < -0.3 is 14.2 Å². The van der Waals surface area contributed by atoms with Gasteiger partial charge in [-0.1, -0.05) is 35.0 Å². The number of nitrogens with zero attached hydrogens (tertiary/aromatic N) is 2. The summed E-state index contributed by atoms with van der Waals surface area (Å²) >= 11 is 0. The van der Waals surface area contributed by atoms with Crippen molar-refractivity contribution in [1.82, 2.24) is 5.16 Å². The van der Waals surface area contributed by atoms with Gasteiger partial charge in [-0.2, -0.15) is 0 Å². The molecule has 0 unspecified atom stereocenters. The number of rotatable bonds is 4. The number of aromatic nitrogens is 1. The molecule has 2 aromatic carbocycles. The third kappa shape index (κ3) is 3.52. The van der Waals surface area contributed by atoms with Crippen LogP contribution in [0.25, 0.3) is 0 Å². The molecule has 0 bridgehead atoms. The zero-order valence-electron chi connectivity index (χ0n) is 16.5. The summed E-state index contributed by atoms with van der Waals surface area (Å²) in [4.78, 5) is 15.1. The average molecular weight is 376 g/mol. The first-order valence-electron chi connectivity index (χ1n) is 9.59. The van der Waals surface area contributed by atoms with E-state index in [9.17, 15) is 4.79 Å². The minimum absolute atomic E-state index is 0.135. The zero-order chi connectivity index (χ0) is 19.7. The van der Waals surface area contributed by atoms with Crippen molar-refractivity contribution in [3.63, 3.8) is 0 Å². The van der Waals surface area contributed by atoms with E-state index in [0.717, 1.165) is 29.8 Å². The van der Waals surface area contributed by atoms with Crippen LogP contribution >= 0.6 is 0 Å². The van der Waals surface area contributed by atoms with Crippen LogP contribution in [0.5, 0.6) is 5.75 Å². The molecule has 0 N–H and O–H groups in total. The van der Waals surface area contributed by atoms with Crippen molar-refractivity contribution >= 4 is 11.6 Å². The molecule has 0 saturated carbocycles. The Kier molecular flexibility index (Phi) is 4.90. The Morgan fingerprint density at radius 1 is 1.14 bits per heavy atom. The number of amides is 1. The number of hydrogen-bond donors (Lipinski definition) is 0. The van der Waals surface area contributed by atoms with E-state index in [1.54, 1.807) is 0 Å². The lowest BCUT2D eigenvalue weighted by atomic mass is 9.99. The highest BCUT2D eigenvalue weighted by molar-refractivity contribution is 6.06. The minimum Gasteiger partial charge on any atom is -0.489 e. The Morgan fingerprint density at radius 3 is 2.79 bits per heavy atom. The Morgan fingerprint density at radius 2 is 1.96 bits per heavy atom. The molecule has 0 aliphatic carbocycles. The molecule has 0 spiro atoms. The molecule has 3 aromatic rings. The highest BCUT2D eigenvalue weighted by atomic mass is 16.5. The maximum Gasteiger partial charge on any atom is 0.280 e. The second-order valence-electron chi connectivity index (χ2n) is 7.36. The number of anilines is 1. The molecule has 0 saturated heterocycles. The molecule has 5 heteroatoms. The van der Waals surface area contributed by atoms with Crippen LogP contribution in [0.15, 0.2) is 47.0 Å². The molecule has 28 heavy (non-hydrogen) atoms. The SMILES string of the molecule is Cc1cccc(OCc2c(C(=O)N3CCCc4cc(C)ccc43)noc2C)c1. The fourth-order valence-electron chi connectivity index (χ4n) is 3.65. The topological polar surface area (TPSA) is 55.6 Å². The fourth-order valence-corrected chi connectivity index (χ4v) is 3.65. The van der Waals surface area contributed by atoms with E-state index in [1.807, 2.05) is 55.1 Å². The van der Waals surface area contributed by atoms with Gasteiger partial charge in [0.15, 0.2) is 5.69 Å². The number of benzene rings is 2. The lowest BCUT2D eigenvalue weighted by Gasteiger charge is -2.29. The van der Waals surface area contributed by atoms with E-state index in [2.05, 4.69) is 18.1 Å². The number of ether oxygens (including phenoxy) is 1. The Bertz CT molecular complexity index is 1020. The zero-order valence-corrected chi connectivity index (χ0v) is 16.5. The maximum absolute atomic E-state index is 13.3. The van der Waals surface area contributed by atoms with Gasteiger partial charge in [-0.05, 0) is 62.9 Å². The van der Waals surface area contributed by atoms with Crippen molar-refractivity contribution in [1.29, 1.82) is 0 Å². The Labute approximate surface area is 164 Å². The molecule has 5 nitrogen and oxygen atoms in total. The fraction of sp³-hybridized carbons (Fsp3) is 0.304. The first-order chi connectivity index (χ1) is 13.5. The average Bonchev–Trinajstić information content (AvgIpc) is 3.05. The second-order valence-corrected chi connectivity index (χ2v) is 7.36. The van der Waals surface area contributed by atoms with E-state index in [4.69, 9.17) is 9.26 Å². The normalized spacial score (nSPS) is 13.3. The smallest absolute Gasteiger partial charge is 0.280 e. The van der Waals surface area contributed by atoms with Gasteiger partial charge in [0.05, 0.1) is 5.56 Å². The summed E-state index contributed by atoms with van der Waals surface area (Å²) < 4.78 is 11.3. The molecule has 0 radical (unpaired) electrons. The monoisotopic (exact) mass is 376 g/mol. The van der Waals surface area contributed by atoms with Crippen LogP contribution in [0, 0.1) is 20.8 Å². The number of aryl methyl sites for hydroxylation is 4. The van der Waals surface area contributed by atoms with Gasteiger partial charge in [-0.25, -0.2) is 0 Å². The lowest BCUT2D eigenvalue weighted by Crippen LogP contribution is -2.36. The molecule has 144 valence electrons. The summed E-state index contributed by atoms with van der Waals surface area (Å²) in [7, 11) is 0. The van der Waals surface area contributed by atoms with Crippen LogP contribution in [-0.4, -0.2) is 17.6 Å². The quantitative estimate of drug-likeness (QED) is 0.658. The molecule has 1 amide bonds. The van der Waals surface area contributed by atoms with Gasteiger partial charge >= 0.3 is 0 Å². The van der Waals surface area contributed by atoms with Gasteiger partial charge in [-0.3, -0.25) is 4.79 Å². The van der Waals surface area contributed by atoms with Crippen molar-refractivity contribution in [2.45, 2.75) is 40.2 Å². The first-order valence-corrected chi connectivity index (χ1v) is 9.59. The summed E-state index contributed by atoms with van der Waals surface area (Å²) in [5.41, 5.74) is 5.53. The number of hydrogen-bond acceptors (Lipinski definition) is 4. The van der Waals surface area contributed by atoms with Gasteiger partial charge in [0.25, 0.3) is 5.91 Å². The van der Waals surface area contributed by atoms with Gasteiger partial charge in [0.2, 0.25) is 0 Å². The van der Waals surface area contributed by atoms with E-state index in [0.29, 0.717) is 23.6 Å². The summed E-state index contributed by atoms with van der Waals surface area (Å²) in [5.74, 6) is 1.24. The number of carbonyl (C=O) groups is 1. The van der Waals surface area contributed by atoms with E-state index < -0.39 is 0 Å². The summed E-state index contributed by atoms with van der Waals surface area (Å²) in [6.45, 7) is 6.82.